The Labute approximate surface area is 197 Å². The number of aryl methyl sites for hydroxylation is 1. The minimum absolute atomic E-state index is 0.217. The van der Waals surface area contributed by atoms with Gasteiger partial charge in [-0.15, -0.1) is 0 Å². The van der Waals surface area contributed by atoms with Crippen molar-refractivity contribution in [2.45, 2.75) is 92.7 Å². The second kappa shape index (κ2) is 12.2. The molecule has 5 heteroatoms. The molecule has 0 bridgehead atoms. The zero-order valence-corrected chi connectivity index (χ0v) is 22.7. The van der Waals surface area contributed by atoms with Crippen molar-refractivity contribution >= 4 is 15.1 Å². The molecule has 0 saturated heterocycles. The maximum atomic E-state index is 12.0. The lowest BCUT2D eigenvalue weighted by Gasteiger charge is -2.24. The highest BCUT2D eigenvalue weighted by atomic mass is 28.3. The average molecular weight is 457 g/mol. The predicted octanol–water partition coefficient (Wildman–Crippen LogP) is 7.65. The first-order valence-electron chi connectivity index (χ1n) is 11.5. The second-order valence-corrected chi connectivity index (χ2v) is 12.7. The van der Waals surface area contributed by atoms with E-state index >= 15 is 0 Å². The largest absolute Gasteiger partial charge is 0.444 e. The number of nitrogens with one attached hydrogen (secondary N) is 1. The molecule has 4 nitrogen and oxygen atoms in total. The Morgan fingerprint density at radius 1 is 0.969 bits per heavy atom. The minimum Gasteiger partial charge on any atom is -0.444 e. The number of alkyl carbamates (subject to hydrolysis) is 1. The monoisotopic (exact) mass is 456 g/mol. The molecule has 1 radical (unpaired) electrons. The molecule has 0 aliphatic carbocycles. The summed E-state index contributed by atoms with van der Waals surface area (Å²) in [7, 11) is -0.874. The Morgan fingerprint density at radius 3 is 2.22 bits per heavy atom. The molecule has 0 unspecified atom stereocenters. The van der Waals surface area contributed by atoms with Crippen molar-refractivity contribution in [1.29, 1.82) is 0 Å². The molecule has 177 valence electrons. The molecular formula is C27H42NO3Si. The topological polar surface area (TPSA) is 47.6 Å². The van der Waals surface area contributed by atoms with E-state index in [4.69, 9.17) is 9.16 Å². The summed E-state index contributed by atoms with van der Waals surface area (Å²) >= 11 is 0. The molecule has 1 amide bonds. The van der Waals surface area contributed by atoms with Gasteiger partial charge >= 0.3 is 6.09 Å². The number of rotatable bonds is 6. The van der Waals surface area contributed by atoms with Crippen LogP contribution in [0.15, 0.2) is 42.5 Å². The Kier molecular flexibility index (Phi) is 10.7. The molecule has 2 rings (SSSR count). The van der Waals surface area contributed by atoms with Gasteiger partial charge in [-0.05, 0) is 79.2 Å². The van der Waals surface area contributed by atoms with Gasteiger partial charge in [0.25, 0.3) is 0 Å². The molecule has 0 heterocycles. The van der Waals surface area contributed by atoms with Gasteiger partial charge in [-0.1, -0.05) is 65.0 Å². The highest BCUT2D eigenvalue weighted by Gasteiger charge is 2.24. The molecule has 0 aliphatic heterocycles. The third kappa shape index (κ3) is 9.57. The van der Waals surface area contributed by atoms with E-state index in [0.29, 0.717) is 13.2 Å². The van der Waals surface area contributed by atoms with Crippen LogP contribution in [-0.2, 0) is 22.3 Å². The van der Waals surface area contributed by atoms with E-state index in [0.717, 1.165) is 16.7 Å². The lowest BCUT2D eigenvalue weighted by molar-refractivity contribution is 0.0523. The van der Waals surface area contributed by atoms with Crippen molar-refractivity contribution in [2.24, 2.45) is 0 Å². The summed E-state index contributed by atoms with van der Waals surface area (Å²) in [4.78, 5) is 12.0. The highest BCUT2D eigenvalue weighted by molar-refractivity contribution is 6.53. The Hall–Kier alpha value is -2.11. The van der Waals surface area contributed by atoms with Gasteiger partial charge in [0.2, 0.25) is 9.04 Å². The van der Waals surface area contributed by atoms with E-state index < -0.39 is 20.7 Å². The number of ether oxygens (including phenoxy) is 1. The van der Waals surface area contributed by atoms with E-state index in [1.165, 1.54) is 11.1 Å². The number of carbonyl (C=O) groups is 1. The molecule has 0 aliphatic rings. The average Bonchev–Trinajstić information content (AvgIpc) is 2.71. The number of hydrogen-bond acceptors (Lipinski definition) is 3. The third-order valence-electron chi connectivity index (χ3n) is 4.89. The molecule has 32 heavy (non-hydrogen) atoms. The second-order valence-electron chi connectivity index (χ2n) is 9.80. The minimum atomic E-state index is -0.874. The fourth-order valence-electron chi connectivity index (χ4n) is 2.82. The summed E-state index contributed by atoms with van der Waals surface area (Å²) in [5.41, 5.74) is 5.24. The predicted molar refractivity (Wildman–Crippen MR) is 137 cm³/mol. The van der Waals surface area contributed by atoms with Gasteiger partial charge in [-0.2, -0.15) is 0 Å². The molecule has 1 N–H and O–H groups in total. The van der Waals surface area contributed by atoms with Gasteiger partial charge in [0, 0.05) is 6.54 Å². The molecule has 0 fully saturated rings. The van der Waals surface area contributed by atoms with Crippen molar-refractivity contribution in [3.63, 3.8) is 0 Å². The molecular weight excluding hydrogens is 414 g/mol. The smallest absolute Gasteiger partial charge is 0.407 e. The molecule has 0 spiro atoms. The standard InChI is InChI=1S/C25H36NO3Si.C2H6/c1-18-12-13-19(16-26-23(27)29-24(2,3)4)15-22(18)21-11-9-10-20(14-21)17-28-30(8)25(5,6)7;1-2/h9-15H,16-17H2,1-8H3,(H,26,27);1-2H3. The maximum Gasteiger partial charge on any atom is 0.407 e. The van der Waals surface area contributed by atoms with Crippen LogP contribution in [0.1, 0.15) is 72.1 Å². The van der Waals surface area contributed by atoms with Gasteiger partial charge in [0.1, 0.15) is 5.60 Å². The van der Waals surface area contributed by atoms with E-state index in [9.17, 15) is 4.79 Å². The number of hydrogen-bond donors (Lipinski definition) is 1. The fourth-order valence-corrected chi connectivity index (χ4v) is 3.63. The van der Waals surface area contributed by atoms with Crippen LogP contribution in [0.25, 0.3) is 11.1 Å². The van der Waals surface area contributed by atoms with Crippen molar-refractivity contribution in [2.75, 3.05) is 0 Å². The summed E-state index contributed by atoms with van der Waals surface area (Å²) in [6.45, 7) is 21.7. The van der Waals surface area contributed by atoms with E-state index in [-0.39, 0.29) is 5.04 Å². The molecule has 0 aromatic heterocycles. The maximum absolute atomic E-state index is 12.0. The van der Waals surface area contributed by atoms with Crippen LogP contribution in [0.2, 0.25) is 11.6 Å². The number of carbonyl (C=O) groups excluding carboxylic acids is 1. The van der Waals surface area contributed by atoms with Gasteiger partial charge in [-0.25, -0.2) is 4.79 Å². The van der Waals surface area contributed by atoms with Crippen LogP contribution in [0.3, 0.4) is 0 Å². The lowest BCUT2D eigenvalue weighted by Crippen LogP contribution is -2.32. The third-order valence-corrected chi connectivity index (χ3v) is 7.58. The fraction of sp³-hybridized carbons (Fsp3) is 0.519. The normalized spacial score (nSPS) is 11.6. The molecule has 2 aromatic carbocycles. The van der Waals surface area contributed by atoms with Crippen LogP contribution in [-0.4, -0.2) is 20.7 Å². The number of amides is 1. The quantitative estimate of drug-likeness (QED) is 0.454. The van der Waals surface area contributed by atoms with E-state index in [2.05, 4.69) is 76.0 Å². The van der Waals surface area contributed by atoms with Gasteiger partial charge in [-0.3, -0.25) is 0 Å². The Morgan fingerprint density at radius 2 is 1.62 bits per heavy atom. The van der Waals surface area contributed by atoms with Crippen LogP contribution >= 0.6 is 0 Å². The first kappa shape index (κ1) is 27.9. The van der Waals surface area contributed by atoms with Crippen LogP contribution in [0, 0.1) is 6.92 Å². The summed E-state index contributed by atoms with van der Waals surface area (Å²) in [6.07, 6.45) is -0.403. The van der Waals surface area contributed by atoms with Crippen molar-refractivity contribution in [3.8, 4) is 11.1 Å². The van der Waals surface area contributed by atoms with Crippen molar-refractivity contribution in [3.05, 3.63) is 59.2 Å². The summed E-state index contributed by atoms with van der Waals surface area (Å²) in [5, 5.41) is 3.05. The van der Waals surface area contributed by atoms with Gasteiger partial charge in [0.05, 0.1) is 6.61 Å². The van der Waals surface area contributed by atoms with E-state index in [1.807, 2.05) is 40.7 Å². The van der Waals surface area contributed by atoms with Crippen molar-refractivity contribution in [1.82, 2.24) is 5.32 Å². The SMILES string of the molecule is CC.Cc1ccc(CNC(=O)OC(C)(C)C)cc1-c1cccc(CO[Si](C)C(C)(C)C)c1. The zero-order valence-electron chi connectivity index (χ0n) is 21.7. The lowest BCUT2D eigenvalue weighted by atomic mass is 9.97. The Balaban J connectivity index is 0.00000249. The Bertz CT molecular complexity index is 866. The van der Waals surface area contributed by atoms with Crippen LogP contribution in [0.4, 0.5) is 4.79 Å². The van der Waals surface area contributed by atoms with Crippen molar-refractivity contribution < 1.29 is 14.0 Å². The summed E-state index contributed by atoms with van der Waals surface area (Å²) < 4.78 is 11.5. The van der Waals surface area contributed by atoms with E-state index in [1.54, 1.807) is 0 Å². The molecule has 2 aromatic rings. The first-order valence-corrected chi connectivity index (χ1v) is 13.4. The van der Waals surface area contributed by atoms with Crippen LogP contribution in [0.5, 0.6) is 0 Å². The van der Waals surface area contributed by atoms with Gasteiger partial charge < -0.3 is 14.5 Å². The molecule has 0 atom stereocenters. The molecule has 0 saturated carbocycles. The number of benzene rings is 2. The van der Waals surface area contributed by atoms with Gasteiger partial charge in [0.15, 0.2) is 0 Å². The summed E-state index contributed by atoms with van der Waals surface area (Å²) in [6, 6.07) is 14.8. The zero-order chi connectivity index (χ0) is 24.5. The summed E-state index contributed by atoms with van der Waals surface area (Å²) in [5.74, 6) is 0. The first-order chi connectivity index (χ1) is 14.8. The highest BCUT2D eigenvalue weighted by Crippen LogP contribution is 2.29. The van der Waals surface area contributed by atoms with Crippen LogP contribution < -0.4 is 5.32 Å².